The number of aromatic nitrogens is 4. The molecule has 158 valence electrons. The SMILES string of the molecule is COc1ccccc1-c1nc2ccc(N)cn2c1CN1CCN(c2ncccn2)CC1. The van der Waals surface area contributed by atoms with E-state index in [1.807, 2.05) is 42.6 Å². The predicted octanol–water partition coefficient (Wildman–Crippen LogP) is 2.70. The number of rotatable bonds is 5. The summed E-state index contributed by atoms with van der Waals surface area (Å²) in [5, 5.41) is 0. The van der Waals surface area contributed by atoms with E-state index in [2.05, 4.69) is 30.2 Å². The Balaban J connectivity index is 1.46. The first-order valence-corrected chi connectivity index (χ1v) is 10.4. The summed E-state index contributed by atoms with van der Waals surface area (Å²) < 4.78 is 7.72. The number of pyridine rings is 1. The van der Waals surface area contributed by atoms with E-state index in [1.54, 1.807) is 19.5 Å². The fourth-order valence-corrected chi connectivity index (χ4v) is 4.09. The zero-order valence-corrected chi connectivity index (χ0v) is 17.5. The molecule has 0 spiro atoms. The number of ether oxygens (including phenoxy) is 1. The standard InChI is InChI=1S/C23H25N7O/c1-31-20-6-3-2-5-18(20)22-19(30-15-17(24)7-8-21(30)27-22)16-28-11-13-29(14-12-28)23-25-9-4-10-26-23/h2-10,15H,11-14,16,24H2,1H3. The van der Waals surface area contributed by atoms with E-state index >= 15 is 0 Å². The molecule has 2 N–H and O–H groups in total. The summed E-state index contributed by atoms with van der Waals surface area (Å²) in [7, 11) is 1.69. The van der Waals surface area contributed by atoms with E-state index < -0.39 is 0 Å². The number of hydrogen-bond donors (Lipinski definition) is 1. The van der Waals surface area contributed by atoms with Crippen molar-refractivity contribution in [1.29, 1.82) is 0 Å². The van der Waals surface area contributed by atoms with Crippen molar-refractivity contribution < 1.29 is 4.74 Å². The van der Waals surface area contributed by atoms with Gasteiger partial charge in [-0.15, -0.1) is 0 Å². The lowest BCUT2D eigenvalue weighted by Crippen LogP contribution is -2.46. The number of hydrogen-bond acceptors (Lipinski definition) is 7. The van der Waals surface area contributed by atoms with Gasteiger partial charge in [0.15, 0.2) is 0 Å². The molecule has 0 aliphatic carbocycles. The summed E-state index contributed by atoms with van der Waals surface area (Å²) in [5.41, 5.74) is 10.7. The second-order valence-corrected chi connectivity index (χ2v) is 7.61. The monoisotopic (exact) mass is 415 g/mol. The van der Waals surface area contributed by atoms with Gasteiger partial charge < -0.3 is 19.8 Å². The van der Waals surface area contributed by atoms with Crippen molar-refractivity contribution in [2.75, 3.05) is 43.9 Å². The molecule has 31 heavy (non-hydrogen) atoms. The van der Waals surface area contributed by atoms with Gasteiger partial charge in [0, 0.05) is 62.6 Å². The fourth-order valence-electron chi connectivity index (χ4n) is 4.09. The topological polar surface area (TPSA) is 84.8 Å². The van der Waals surface area contributed by atoms with Crippen LogP contribution in [-0.2, 0) is 6.54 Å². The molecule has 1 aliphatic rings. The van der Waals surface area contributed by atoms with Gasteiger partial charge in [0.2, 0.25) is 5.95 Å². The van der Waals surface area contributed by atoms with Gasteiger partial charge in [-0.1, -0.05) is 12.1 Å². The number of benzene rings is 1. The summed E-state index contributed by atoms with van der Waals surface area (Å²) >= 11 is 0. The highest BCUT2D eigenvalue weighted by molar-refractivity contribution is 5.72. The Morgan fingerprint density at radius 2 is 1.74 bits per heavy atom. The molecule has 1 aromatic carbocycles. The van der Waals surface area contributed by atoms with Crippen molar-refractivity contribution in [2.45, 2.75) is 6.54 Å². The van der Waals surface area contributed by atoms with Crippen LogP contribution in [0.3, 0.4) is 0 Å². The van der Waals surface area contributed by atoms with Gasteiger partial charge in [-0.25, -0.2) is 15.0 Å². The highest BCUT2D eigenvalue weighted by atomic mass is 16.5. The number of fused-ring (bicyclic) bond motifs is 1. The van der Waals surface area contributed by atoms with Crippen LogP contribution in [0.1, 0.15) is 5.69 Å². The first-order chi connectivity index (χ1) is 15.2. The third-order valence-electron chi connectivity index (χ3n) is 5.68. The molecule has 0 saturated carbocycles. The van der Waals surface area contributed by atoms with E-state index in [9.17, 15) is 0 Å². The highest BCUT2D eigenvalue weighted by Crippen LogP contribution is 2.33. The maximum atomic E-state index is 6.11. The second kappa shape index (κ2) is 8.23. The van der Waals surface area contributed by atoms with Gasteiger partial charge >= 0.3 is 0 Å². The number of methoxy groups -OCH3 is 1. The van der Waals surface area contributed by atoms with Crippen LogP contribution in [0.15, 0.2) is 61.1 Å². The Morgan fingerprint density at radius 1 is 0.968 bits per heavy atom. The summed E-state index contributed by atoms with van der Waals surface area (Å²) in [6, 6.07) is 13.7. The first-order valence-electron chi connectivity index (χ1n) is 10.4. The number of imidazole rings is 1. The molecule has 0 atom stereocenters. The molecule has 0 unspecified atom stereocenters. The van der Waals surface area contributed by atoms with Crippen molar-refractivity contribution >= 4 is 17.3 Å². The smallest absolute Gasteiger partial charge is 0.225 e. The molecule has 5 rings (SSSR count). The Labute approximate surface area is 180 Å². The molecule has 8 nitrogen and oxygen atoms in total. The summed E-state index contributed by atoms with van der Waals surface area (Å²) in [6.45, 7) is 4.36. The average Bonchev–Trinajstić information content (AvgIpc) is 3.17. The molecule has 3 aromatic heterocycles. The summed E-state index contributed by atoms with van der Waals surface area (Å²) in [4.78, 5) is 18.4. The van der Waals surface area contributed by atoms with E-state index in [-0.39, 0.29) is 0 Å². The van der Waals surface area contributed by atoms with Crippen molar-refractivity contribution in [2.24, 2.45) is 0 Å². The number of nitrogens with zero attached hydrogens (tertiary/aromatic N) is 6. The average molecular weight is 416 g/mol. The Morgan fingerprint density at radius 3 is 2.52 bits per heavy atom. The quantitative estimate of drug-likeness (QED) is 0.536. The lowest BCUT2D eigenvalue weighted by molar-refractivity contribution is 0.245. The Kier molecular flexibility index (Phi) is 5.13. The van der Waals surface area contributed by atoms with Gasteiger partial charge in [0.25, 0.3) is 0 Å². The molecule has 1 fully saturated rings. The molecule has 1 aliphatic heterocycles. The number of nitrogen functional groups attached to an aromatic ring is 1. The molecule has 0 amide bonds. The molecule has 1 saturated heterocycles. The molecule has 0 radical (unpaired) electrons. The number of anilines is 2. The second-order valence-electron chi connectivity index (χ2n) is 7.61. The van der Waals surface area contributed by atoms with Crippen LogP contribution >= 0.6 is 0 Å². The number of piperazine rings is 1. The molecular weight excluding hydrogens is 390 g/mol. The van der Waals surface area contributed by atoms with Crippen molar-refractivity contribution in [1.82, 2.24) is 24.3 Å². The number of nitrogens with two attached hydrogens (primary N) is 1. The molecule has 4 aromatic rings. The van der Waals surface area contributed by atoms with Crippen LogP contribution in [0, 0.1) is 0 Å². The van der Waals surface area contributed by atoms with Crippen LogP contribution < -0.4 is 15.4 Å². The van der Waals surface area contributed by atoms with E-state index in [4.69, 9.17) is 15.5 Å². The van der Waals surface area contributed by atoms with Crippen LogP contribution in [0.25, 0.3) is 16.9 Å². The minimum atomic E-state index is 0.712. The minimum Gasteiger partial charge on any atom is -0.496 e. The van der Waals surface area contributed by atoms with E-state index in [1.165, 1.54) is 0 Å². The van der Waals surface area contributed by atoms with Crippen molar-refractivity contribution in [3.63, 3.8) is 0 Å². The predicted molar refractivity (Wildman–Crippen MR) is 121 cm³/mol. The van der Waals surface area contributed by atoms with Crippen molar-refractivity contribution in [3.05, 3.63) is 66.7 Å². The molecule has 8 heteroatoms. The Bertz CT molecular complexity index is 1180. The van der Waals surface area contributed by atoms with Crippen LogP contribution in [0.4, 0.5) is 11.6 Å². The first kappa shape index (κ1) is 19.3. The Hall–Kier alpha value is -3.65. The van der Waals surface area contributed by atoms with Crippen LogP contribution in [0.5, 0.6) is 5.75 Å². The van der Waals surface area contributed by atoms with Crippen LogP contribution in [0.2, 0.25) is 0 Å². The van der Waals surface area contributed by atoms with Gasteiger partial charge in [-0.3, -0.25) is 4.90 Å². The van der Waals surface area contributed by atoms with E-state index in [0.717, 1.165) is 67.0 Å². The minimum absolute atomic E-state index is 0.712. The fraction of sp³-hybridized carbons (Fsp3) is 0.261. The van der Waals surface area contributed by atoms with Crippen molar-refractivity contribution in [3.8, 4) is 17.0 Å². The third-order valence-corrected chi connectivity index (χ3v) is 5.68. The molecular formula is C23H25N7O. The van der Waals surface area contributed by atoms with Gasteiger partial charge in [-0.05, 0) is 30.3 Å². The zero-order chi connectivity index (χ0) is 21.2. The number of para-hydroxylation sites is 1. The maximum Gasteiger partial charge on any atom is 0.225 e. The maximum absolute atomic E-state index is 6.11. The summed E-state index contributed by atoms with van der Waals surface area (Å²) in [5.74, 6) is 1.60. The summed E-state index contributed by atoms with van der Waals surface area (Å²) in [6.07, 6.45) is 5.53. The van der Waals surface area contributed by atoms with Gasteiger partial charge in [0.05, 0.1) is 18.5 Å². The normalized spacial score (nSPS) is 14.8. The highest BCUT2D eigenvalue weighted by Gasteiger charge is 2.23. The lowest BCUT2D eigenvalue weighted by atomic mass is 10.1. The third kappa shape index (κ3) is 3.77. The van der Waals surface area contributed by atoms with E-state index in [0.29, 0.717) is 5.69 Å². The largest absolute Gasteiger partial charge is 0.496 e. The van der Waals surface area contributed by atoms with Gasteiger partial charge in [-0.2, -0.15) is 0 Å². The van der Waals surface area contributed by atoms with Crippen LogP contribution in [-0.4, -0.2) is 57.5 Å². The molecule has 0 bridgehead atoms. The van der Waals surface area contributed by atoms with Gasteiger partial charge in [0.1, 0.15) is 11.4 Å². The molecule has 4 heterocycles. The lowest BCUT2D eigenvalue weighted by Gasteiger charge is -2.34. The zero-order valence-electron chi connectivity index (χ0n) is 17.5.